The molecule has 0 amide bonds. The fourth-order valence-electron chi connectivity index (χ4n) is 2.07. The number of rotatable bonds is 11. The van der Waals surface area contributed by atoms with Crippen LogP contribution in [0.5, 0.6) is 0 Å². The molecule has 0 atom stereocenters. The summed E-state index contributed by atoms with van der Waals surface area (Å²) in [6.45, 7) is 3.62. The van der Waals surface area contributed by atoms with E-state index in [2.05, 4.69) is 33.7 Å². The second-order valence-electron chi connectivity index (χ2n) is 6.20. The normalized spacial score (nSPS) is 10.9. The van der Waals surface area contributed by atoms with Gasteiger partial charge in [0.1, 0.15) is 0 Å². The van der Waals surface area contributed by atoms with Gasteiger partial charge in [-0.15, -0.1) is 0 Å². The third-order valence-corrected chi connectivity index (χ3v) is 3.18. The summed E-state index contributed by atoms with van der Waals surface area (Å²) in [6.07, 6.45) is 14.4. The Bertz CT molecular complexity index is 155. The van der Waals surface area contributed by atoms with Gasteiger partial charge >= 0.3 is 0 Å². The zero-order valence-electron chi connectivity index (χ0n) is 13.1. The van der Waals surface area contributed by atoms with E-state index < -0.39 is 0 Å². The smallest absolute Gasteiger partial charge is 0.0780 e. The molecule has 0 aromatic rings. The van der Waals surface area contributed by atoms with Gasteiger partial charge in [-0.05, 0) is 12.8 Å². The van der Waals surface area contributed by atoms with E-state index in [1.165, 1.54) is 70.8 Å². The summed E-state index contributed by atoms with van der Waals surface area (Å²) in [6, 6.07) is 0. The van der Waals surface area contributed by atoms with Crippen LogP contribution < -0.4 is 0 Å². The van der Waals surface area contributed by atoms with Crippen LogP contribution in [0.25, 0.3) is 0 Å². The van der Waals surface area contributed by atoms with Crippen LogP contribution in [-0.4, -0.2) is 32.2 Å². The van der Waals surface area contributed by atoms with E-state index in [4.69, 9.17) is 4.91 Å². The largest absolute Gasteiger partial charge is 0.331 e. The average Bonchev–Trinajstić information content (AvgIpc) is 2.33. The molecule has 0 heterocycles. The lowest BCUT2D eigenvalue weighted by molar-refractivity contribution is -0.870. The third-order valence-electron chi connectivity index (χ3n) is 3.18. The number of nitrogens with zero attached hydrogens (tertiary/aromatic N) is 1. The van der Waals surface area contributed by atoms with Crippen molar-refractivity contribution < 1.29 is 4.48 Å². The van der Waals surface area contributed by atoms with Crippen molar-refractivity contribution in [3.8, 4) is 0 Å². The Morgan fingerprint density at radius 3 is 1.33 bits per heavy atom. The van der Waals surface area contributed by atoms with Crippen molar-refractivity contribution in [1.82, 2.24) is 0 Å². The molecule has 0 radical (unpaired) electrons. The van der Waals surface area contributed by atoms with Crippen molar-refractivity contribution in [2.75, 3.05) is 27.7 Å². The summed E-state index contributed by atoms with van der Waals surface area (Å²) in [7, 11) is 6.86. The van der Waals surface area contributed by atoms with Crippen molar-refractivity contribution in [1.29, 1.82) is 5.59 Å². The molecule has 0 aromatic carbocycles. The first-order chi connectivity index (χ1) is 8.56. The fourth-order valence-corrected chi connectivity index (χ4v) is 2.07. The number of hydrogen-bond donors (Lipinski definition) is 1. The maximum absolute atomic E-state index is 7.50. The minimum Gasteiger partial charge on any atom is -0.331 e. The van der Waals surface area contributed by atoms with Gasteiger partial charge in [0.25, 0.3) is 0 Å². The predicted octanol–water partition coefficient (Wildman–Crippen LogP) is 4.95. The Kier molecular flexibility index (Phi) is 16.2. The molecule has 110 valence electrons. The molecule has 1 N–H and O–H groups in total. The Morgan fingerprint density at radius 1 is 0.667 bits per heavy atom. The van der Waals surface area contributed by atoms with E-state index in [0.29, 0.717) is 0 Å². The molecule has 0 aromatic heterocycles. The zero-order valence-corrected chi connectivity index (χ0v) is 13.1. The second kappa shape index (κ2) is 14.6. The van der Waals surface area contributed by atoms with Crippen molar-refractivity contribution in [2.45, 2.75) is 71.1 Å². The zero-order chi connectivity index (χ0) is 14.3. The summed E-state index contributed by atoms with van der Waals surface area (Å²) in [5, 5.41) is 0. The molecule has 0 saturated carbocycles. The highest BCUT2D eigenvalue weighted by molar-refractivity contribution is 4.47. The monoisotopic (exact) mass is 259 g/mol. The fraction of sp³-hybridized carbons (Fsp3) is 1.00. The van der Waals surface area contributed by atoms with E-state index in [1.54, 1.807) is 0 Å². The molecular weight excluding hydrogens is 224 g/mol. The maximum Gasteiger partial charge on any atom is 0.0780 e. The van der Waals surface area contributed by atoms with Crippen molar-refractivity contribution in [3.05, 3.63) is 4.91 Å². The molecule has 0 aliphatic heterocycles. The van der Waals surface area contributed by atoms with E-state index in [9.17, 15) is 0 Å². The molecule has 0 bridgehead atoms. The molecule has 3 heteroatoms. The quantitative estimate of drug-likeness (QED) is 0.318. The Hall–Kier alpha value is -0.440. The van der Waals surface area contributed by atoms with E-state index >= 15 is 0 Å². The first-order valence-electron chi connectivity index (χ1n) is 7.57. The van der Waals surface area contributed by atoms with Crippen LogP contribution in [0.1, 0.15) is 71.1 Å². The number of quaternary nitrogens is 1. The molecule has 0 aliphatic carbocycles. The number of hydrogen-bond acceptors (Lipinski definition) is 2. The minimum atomic E-state index is 1.12. The molecule has 0 unspecified atom stereocenters. The minimum absolute atomic E-state index is 1.12. The Morgan fingerprint density at radius 2 is 1.00 bits per heavy atom. The van der Waals surface area contributed by atoms with Gasteiger partial charge in [0.2, 0.25) is 0 Å². The van der Waals surface area contributed by atoms with Crippen LogP contribution in [0.3, 0.4) is 0 Å². The summed E-state index contributed by atoms with van der Waals surface area (Å²) in [5.74, 6) is 0. The van der Waals surface area contributed by atoms with Gasteiger partial charge in [-0.3, -0.25) is 0 Å². The van der Waals surface area contributed by atoms with E-state index in [1.807, 2.05) is 0 Å². The SMILES string of the molecule is CCCCCCCCCCCC[N+](C)(C)C.N=O. The molecule has 0 rings (SSSR count). The van der Waals surface area contributed by atoms with Crippen LogP contribution in [0.2, 0.25) is 0 Å². The van der Waals surface area contributed by atoms with Crippen molar-refractivity contribution in [3.63, 3.8) is 0 Å². The van der Waals surface area contributed by atoms with Gasteiger partial charge in [0.05, 0.1) is 27.7 Å². The van der Waals surface area contributed by atoms with Crippen LogP contribution in [0, 0.1) is 10.5 Å². The van der Waals surface area contributed by atoms with Gasteiger partial charge in [-0.25, -0.2) is 0 Å². The van der Waals surface area contributed by atoms with E-state index in [-0.39, 0.29) is 0 Å². The summed E-state index contributed by atoms with van der Waals surface area (Å²) >= 11 is 0. The van der Waals surface area contributed by atoms with Crippen molar-refractivity contribution in [2.24, 2.45) is 0 Å². The summed E-state index contributed by atoms with van der Waals surface area (Å²) < 4.78 is 1.12. The first-order valence-corrected chi connectivity index (χ1v) is 7.57. The lowest BCUT2D eigenvalue weighted by Gasteiger charge is -2.23. The number of unbranched alkanes of at least 4 members (excludes halogenated alkanes) is 9. The Labute approximate surface area is 114 Å². The van der Waals surface area contributed by atoms with E-state index in [0.717, 1.165) is 4.48 Å². The average molecular weight is 259 g/mol. The lowest BCUT2D eigenvalue weighted by Crippen LogP contribution is -2.35. The standard InChI is InChI=1S/C15H34N.HNO/c1-5-6-7-8-9-10-11-12-13-14-15-16(2,3)4;1-2/h5-15H2,1-4H3;1H/q+1;. The van der Waals surface area contributed by atoms with Gasteiger partial charge < -0.3 is 4.48 Å². The highest BCUT2D eigenvalue weighted by atomic mass is 16.2. The lowest BCUT2D eigenvalue weighted by atomic mass is 10.1. The number of nitroso groups, excluding NO2 is 1. The molecule has 3 nitrogen and oxygen atoms in total. The van der Waals surface area contributed by atoms with Crippen LogP contribution in [-0.2, 0) is 0 Å². The Balaban J connectivity index is 0. The first kappa shape index (κ1) is 19.9. The topological polar surface area (TPSA) is 40.9 Å². The van der Waals surface area contributed by atoms with Gasteiger partial charge in [0, 0.05) is 0 Å². The van der Waals surface area contributed by atoms with Crippen LogP contribution in [0.4, 0.5) is 0 Å². The summed E-state index contributed by atoms with van der Waals surface area (Å²) in [4.78, 5) is 7.50. The highest BCUT2D eigenvalue weighted by Gasteiger charge is 2.04. The second-order valence-corrected chi connectivity index (χ2v) is 6.20. The van der Waals surface area contributed by atoms with Crippen LogP contribution >= 0.6 is 0 Å². The molecular formula is C15H35N2O+. The molecule has 18 heavy (non-hydrogen) atoms. The third kappa shape index (κ3) is 20.9. The van der Waals surface area contributed by atoms with Crippen LogP contribution in [0.15, 0.2) is 0 Å². The van der Waals surface area contributed by atoms with Gasteiger partial charge in [-0.2, -0.15) is 4.91 Å². The van der Waals surface area contributed by atoms with Gasteiger partial charge in [-0.1, -0.05) is 63.9 Å². The predicted molar refractivity (Wildman–Crippen MR) is 80.8 cm³/mol. The molecule has 0 saturated heterocycles. The summed E-state index contributed by atoms with van der Waals surface area (Å²) in [5.41, 5.74) is 4.50. The van der Waals surface area contributed by atoms with Gasteiger partial charge in [0.15, 0.2) is 0 Å². The number of nitrogens with one attached hydrogen (secondary N) is 1. The molecule has 0 aliphatic rings. The maximum atomic E-state index is 7.50. The molecule has 0 spiro atoms. The molecule has 0 fully saturated rings. The van der Waals surface area contributed by atoms with Crippen molar-refractivity contribution >= 4 is 0 Å². The highest BCUT2D eigenvalue weighted by Crippen LogP contribution is 2.10.